The topological polar surface area (TPSA) is 119 Å². The molecule has 0 unspecified atom stereocenters. The molecule has 0 radical (unpaired) electrons. The Labute approximate surface area is 189 Å². The molecule has 0 aromatic heterocycles. The molecule has 0 spiro atoms. The van der Waals surface area contributed by atoms with Crippen molar-refractivity contribution >= 4 is 11.9 Å². The van der Waals surface area contributed by atoms with Gasteiger partial charge in [-0.15, -0.1) is 0 Å². The minimum absolute atomic E-state index is 0.0836. The third-order valence-corrected chi connectivity index (χ3v) is 4.99. The predicted molar refractivity (Wildman–Crippen MR) is 124 cm³/mol. The SMILES string of the molecule is CN(C)Cc1cc(C[C@H](NC(=O)[C@@H](N)Cc2ccccc2)C(=O)O)cc(CN(C)C)c1O. The van der Waals surface area contributed by atoms with E-state index < -0.39 is 24.0 Å². The largest absolute Gasteiger partial charge is 0.507 e. The zero-order valence-corrected chi connectivity index (χ0v) is 19.2. The van der Waals surface area contributed by atoms with Crippen LogP contribution in [0.15, 0.2) is 42.5 Å². The Morgan fingerprint density at radius 3 is 1.94 bits per heavy atom. The van der Waals surface area contributed by atoms with Crippen LogP contribution < -0.4 is 11.1 Å². The van der Waals surface area contributed by atoms with Crippen LogP contribution in [0.4, 0.5) is 0 Å². The van der Waals surface area contributed by atoms with E-state index in [1.54, 1.807) is 12.1 Å². The number of phenolic OH excluding ortho intramolecular Hbond substituents is 1. The second kappa shape index (κ2) is 11.6. The molecule has 8 heteroatoms. The Morgan fingerprint density at radius 1 is 0.938 bits per heavy atom. The number of hydrogen-bond donors (Lipinski definition) is 4. The lowest BCUT2D eigenvalue weighted by atomic mass is 9.98. The van der Waals surface area contributed by atoms with Crippen molar-refractivity contribution in [2.75, 3.05) is 28.2 Å². The van der Waals surface area contributed by atoms with E-state index in [0.717, 1.165) is 11.1 Å². The first-order chi connectivity index (χ1) is 15.1. The van der Waals surface area contributed by atoms with Crippen LogP contribution >= 0.6 is 0 Å². The van der Waals surface area contributed by atoms with E-state index in [4.69, 9.17) is 5.73 Å². The van der Waals surface area contributed by atoms with E-state index in [2.05, 4.69) is 5.32 Å². The van der Waals surface area contributed by atoms with Gasteiger partial charge in [-0.05, 0) is 45.7 Å². The molecule has 2 aromatic rings. The highest BCUT2D eigenvalue weighted by atomic mass is 16.4. The normalized spacial score (nSPS) is 13.2. The van der Waals surface area contributed by atoms with Crippen molar-refractivity contribution in [1.29, 1.82) is 0 Å². The minimum atomic E-state index is -1.14. The minimum Gasteiger partial charge on any atom is -0.507 e. The lowest BCUT2D eigenvalue weighted by molar-refractivity contribution is -0.141. The number of carboxylic acid groups (broad SMARTS) is 1. The molecule has 2 atom stereocenters. The highest BCUT2D eigenvalue weighted by Gasteiger charge is 2.25. The van der Waals surface area contributed by atoms with Crippen molar-refractivity contribution < 1.29 is 19.8 Å². The van der Waals surface area contributed by atoms with Crippen LogP contribution in [-0.4, -0.2) is 72.2 Å². The van der Waals surface area contributed by atoms with Crippen molar-refractivity contribution in [2.24, 2.45) is 5.73 Å². The number of carbonyl (C=O) groups is 2. The van der Waals surface area contributed by atoms with E-state index in [1.807, 2.05) is 68.3 Å². The molecule has 0 saturated heterocycles. The van der Waals surface area contributed by atoms with E-state index in [9.17, 15) is 19.8 Å². The highest BCUT2D eigenvalue weighted by Crippen LogP contribution is 2.27. The molecule has 8 nitrogen and oxygen atoms in total. The lowest BCUT2D eigenvalue weighted by Gasteiger charge is -2.21. The molecular weight excluding hydrogens is 408 g/mol. The summed E-state index contributed by atoms with van der Waals surface area (Å²) in [6.45, 7) is 1.01. The number of aliphatic carboxylic acids is 1. The quantitative estimate of drug-likeness (QED) is 0.413. The molecule has 32 heavy (non-hydrogen) atoms. The Kier molecular flexibility index (Phi) is 9.19. The van der Waals surface area contributed by atoms with Gasteiger partial charge in [-0.3, -0.25) is 4.79 Å². The van der Waals surface area contributed by atoms with Crippen LogP contribution in [0.5, 0.6) is 5.75 Å². The summed E-state index contributed by atoms with van der Waals surface area (Å²) in [5, 5.41) is 22.9. The third-order valence-electron chi connectivity index (χ3n) is 4.99. The zero-order chi connectivity index (χ0) is 23.8. The number of hydrogen-bond acceptors (Lipinski definition) is 6. The first-order valence-electron chi connectivity index (χ1n) is 10.5. The summed E-state index contributed by atoms with van der Waals surface area (Å²) >= 11 is 0. The van der Waals surface area contributed by atoms with Gasteiger partial charge in [0.15, 0.2) is 0 Å². The van der Waals surface area contributed by atoms with Gasteiger partial charge in [-0.25, -0.2) is 4.79 Å². The fraction of sp³-hybridized carbons (Fsp3) is 0.417. The smallest absolute Gasteiger partial charge is 0.326 e. The van der Waals surface area contributed by atoms with Crippen molar-refractivity contribution in [2.45, 2.75) is 38.0 Å². The molecule has 0 saturated carbocycles. The molecule has 0 heterocycles. The highest BCUT2D eigenvalue weighted by molar-refractivity contribution is 5.87. The van der Waals surface area contributed by atoms with Gasteiger partial charge in [0, 0.05) is 30.6 Å². The summed E-state index contributed by atoms with van der Waals surface area (Å²) in [5.74, 6) is -1.44. The van der Waals surface area contributed by atoms with Gasteiger partial charge in [-0.1, -0.05) is 42.5 Å². The average molecular weight is 443 g/mol. The number of phenols is 1. The van der Waals surface area contributed by atoms with Gasteiger partial charge in [0.05, 0.1) is 6.04 Å². The Balaban J connectivity index is 2.20. The fourth-order valence-corrected chi connectivity index (χ4v) is 3.55. The van der Waals surface area contributed by atoms with Crippen molar-refractivity contribution in [3.8, 4) is 5.75 Å². The summed E-state index contributed by atoms with van der Waals surface area (Å²) in [6.07, 6.45) is 0.401. The monoisotopic (exact) mass is 442 g/mol. The van der Waals surface area contributed by atoms with Gasteiger partial charge < -0.3 is 31.1 Å². The second-order valence-electron chi connectivity index (χ2n) is 8.64. The zero-order valence-electron chi connectivity index (χ0n) is 19.2. The number of carbonyl (C=O) groups excluding carboxylic acids is 1. The summed E-state index contributed by atoms with van der Waals surface area (Å²) in [6, 6.07) is 10.9. The van der Waals surface area contributed by atoms with Crippen molar-refractivity contribution in [3.63, 3.8) is 0 Å². The number of benzene rings is 2. The Morgan fingerprint density at radius 2 is 1.47 bits per heavy atom. The van der Waals surface area contributed by atoms with Gasteiger partial charge in [0.25, 0.3) is 0 Å². The van der Waals surface area contributed by atoms with Crippen LogP contribution in [-0.2, 0) is 35.5 Å². The van der Waals surface area contributed by atoms with Crippen LogP contribution in [0, 0.1) is 0 Å². The lowest BCUT2D eigenvalue weighted by Crippen LogP contribution is -2.50. The maximum Gasteiger partial charge on any atom is 0.326 e. The van der Waals surface area contributed by atoms with E-state index >= 15 is 0 Å². The first kappa shape index (κ1) is 25.3. The predicted octanol–water partition coefficient (Wildman–Crippen LogP) is 1.20. The summed E-state index contributed by atoms with van der Waals surface area (Å²) in [4.78, 5) is 28.3. The molecule has 0 aliphatic carbocycles. The van der Waals surface area contributed by atoms with Gasteiger partial charge in [0.1, 0.15) is 11.8 Å². The number of nitrogens with one attached hydrogen (secondary N) is 1. The number of rotatable bonds is 11. The molecule has 0 aliphatic heterocycles. The van der Waals surface area contributed by atoms with E-state index in [1.165, 1.54) is 0 Å². The van der Waals surface area contributed by atoms with Crippen LogP contribution in [0.3, 0.4) is 0 Å². The molecule has 0 bridgehead atoms. The molecule has 2 rings (SSSR count). The number of carboxylic acids is 1. The molecule has 0 aliphatic rings. The van der Waals surface area contributed by atoms with Gasteiger partial charge in [0.2, 0.25) is 5.91 Å². The van der Waals surface area contributed by atoms with E-state index in [-0.39, 0.29) is 12.2 Å². The van der Waals surface area contributed by atoms with E-state index in [0.29, 0.717) is 30.6 Å². The molecular formula is C24H34N4O4. The molecule has 174 valence electrons. The van der Waals surface area contributed by atoms with Gasteiger partial charge >= 0.3 is 5.97 Å². The Bertz CT molecular complexity index is 884. The second-order valence-corrected chi connectivity index (χ2v) is 8.64. The number of amides is 1. The van der Waals surface area contributed by atoms with Crippen LogP contribution in [0.25, 0.3) is 0 Å². The summed E-state index contributed by atoms with van der Waals surface area (Å²) in [5.41, 5.74) is 9.07. The molecule has 5 N–H and O–H groups in total. The first-order valence-corrected chi connectivity index (χ1v) is 10.5. The molecule has 2 aromatic carbocycles. The number of aromatic hydroxyl groups is 1. The van der Waals surface area contributed by atoms with Crippen molar-refractivity contribution in [1.82, 2.24) is 15.1 Å². The number of nitrogens with two attached hydrogens (primary N) is 1. The summed E-state index contributed by atoms with van der Waals surface area (Å²) < 4.78 is 0. The van der Waals surface area contributed by atoms with Crippen LogP contribution in [0.1, 0.15) is 22.3 Å². The van der Waals surface area contributed by atoms with Gasteiger partial charge in [-0.2, -0.15) is 0 Å². The standard InChI is InChI=1S/C24H34N4O4/c1-27(2)14-18-10-17(11-19(22(18)29)15-28(3)4)13-21(24(31)32)26-23(30)20(25)12-16-8-6-5-7-9-16/h5-11,20-21,29H,12-15,25H2,1-4H3,(H,26,30)(H,31,32)/t20-,21-/m0/s1. The average Bonchev–Trinajstić information content (AvgIpc) is 2.70. The molecule has 1 amide bonds. The maximum absolute atomic E-state index is 12.6. The third kappa shape index (κ3) is 7.64. The fourth-order valence-electron chi connectivity index (χ4n) is 3.55. The summed E-state index contributed by atoms with van der Waals surface area (Å²) in [7, 11) is 7.58. The van der Waals surface area contributed by atoms with Crippen molar-refractivity contribution in [3.05, 3.63) is 64.7 Å². The number of nitrogens with zero attached hydrogens (tertiary/aromatic N) is 2. The molecule has 0 fully saturated rings. The van der Waals surface area contributed by atoms with Crippen LogP contribution in [0.2, 0.25) is 0 Å². The maximum atomic E-state index is 12.6. The Hall–Kier alpha value is -2.94.